The minimum atomic E-state index is 0.00933. The summed E-state index contributed by atoms with van der Waals surface area (Å²) in [6.45, 7) is 6.02. The highest BCUT2D eigenvalue weighted by Gasteiger charge is 2.25. The number of nitrogens with two attached hydrogens (primary N) is 1. The highest BCUT2D eigenvalue weighted by Crippen LogP contribution is 2.27. The van der Waals surface area contributed by atoms with Crippen LogP contribution in [0.4, 0.5) is 0 Å². The van der Waals surface area contributed by atoms with Gasteiger partial charge in [-0.15, -0.1) is 0 Å². The molecule has 0 spiro atoms. The molecule has 116 valence electrons. The number of hydrogen-bond acceptors (Lipinski definition) is 5. The highest BCUT2D eigenvalue weighted by atomic mass is 16.5. The lowest BCUT2D eigenvalue weighted by Gasteiger charge is -2.32. The standard InChI is InChI=1S/C16H26N4O/c1-2-7-20-8-9-21-15(11-20)16-18-10-12-13(17)5-3-4-6-14(12)19-16/h10,13,15H,2-9,11,17H2,1H3. The van der Waals surface area contributed by atoms with E-state index in [9.17, 15) is 0 Å². The zero-order valence-electron chi connectivity index (χ0n) is 12.9. The number of aryl methyl sites for hydroxylation is 1. The summed E-state index contributed by atoms with van der Waals surface area (Å²) in [5.74, 6) is 0.837. The lowest BCUT2D eigenvalue weighted by atomic mass is 10.1. The van der Waals surface area contributed by atoms with Crippen LogP contribution in [0.3, 0.4) is 0 Å². The molecule has 0 radical (unpaired) electrons. The predicted octanol–water partition coefficient (Wildman–Crippen LogP) is 1.99. The normalized spacial score (nSPS) is 27.1. The van der Waals surface area contributed by atoms with E-state index in [1.54, 1.807) is 0 Å². The molecule has 1 fully saturated rings. The number of fused-ring (bicyclic) bond motifs is 1. The first-order chi connectivity index (χ1) is 10.3. The maximum absolute atomic E-state index is 6.22. The molecule has 2 N–H and O–H groups in total. The summed E-state index contributed by atoms with van der Waals surface area (Å²) in [5, 5.41) is 0. The zero-order valence-corrected chi connectivity index (χ0v) is 12.9. The van der Waals surface area contributed by atoms with Crippen LogP contribution in [0.2, 0.25) is 0 Å². The Bertz CT molecular complexity index is 477. The molecule has 2 aliphatic rings. The van der Waals surface area contributed by atoms with Crippen molar-refractivity contribution in [3.05, 3.63) is 23.3 Å². The van der Waals surface area contributed by atoms with Crippen molar-refractivity contribution in [2.24, 2.45) is 5.73 Å². The number of aromatic nitrogens is 2. The van der Waals surface area contributed by atoms with Crippen molar-refractivity contribution in [1.82, 2.24) is 14.9 Å². The van der Waals surface area contributed by atoms with Crippen LogP contribution in [0, 0.1) is 0 Å². The van der Waals surface area contributed by atoms with Crippen LogP contribution in [0.15, 0.2) is 6.20 Å². The number of hydrogen-bond donors (Lipinski definition) is 1. The van der Waals surface area contributed by atoms with Gasteiger partial charge < -0.3 is 10.5 Å². The van der Waals surface area contributed by atoms with E-state index in [0.29, 0.717) is 0 Å². The van der Waals surface area contributed by atoms with E-state index in [2.05, 4.69) is 16.8 Å². The molecule has 2 heterocycles. The Morgan fingerprint density at radius 1 is 1.43 bits per heavy atom. The predicted molar refractivity (Wildman–Crippen MR) is 81.9 cm³/mol. The summed E-state index contributed by atoms with van der Waals surface area (Å²) in [6, 6.07) is 0.0976. The molecular formula is C16H26N4O. The monoisotopic (exact) mass is 290 g/mol. The molecule has 0 saturated carbocycles. The van der Waals surface area contributed by atoms with Crippen molar-refractivity contribution in [2.45, 2.75) is 51.2 Å². The van der Waals surface area contributed by atoms with Crippen molar-refractivity contribution < 1.29 is 4.74 Å². The van der Waals surface area contributed by atoms with Gasteiger partial charge >= 0.3 is 0 Å². The fraction of sp³-hybridized carbons (Fsp3) is 0.750. The second-order valence-corrected chi connectivity index (χ2v) is 6.14. The fourth-order valence-electron chi connectivity index (χ4n) is 3.30. The summed E-state index contributed by atoms with van der Waals surface area (Å²) < 4.78 is 5.89. The Balaban J connectivity index is 1.78. The molecule has 2 unspecified atom stereocenters. The lowest BCUT2D eigenvalue weighted by molar-refractivity contribution is -0.0343. The number of ether oxygens (including phenoxy) is 1. The smallest absolute Gasteiger partial charge is 0.158 e. The van der Waals surface area contributed by atoms with Gasteiger partial charge in [0.15, 0.2) is 5.82 Å². The third-order valence-corrected chi connectivity index (χ3v) is 4.48. The average Bonchev–Trinajstić information content (AvgIpc) is 2.69. The van der Waals surface area contributed by atoms with E-state index in [4.69, 9.17) is 15.5 Å². The van der Waals surface area contributed by atoms with Crippen LogP contribution < -0.4 is 5.73 Å². The van der Waals surface area contributed by atoms with E-state index in [0.717, 1.165) is 56.2 Å². The van der Waals surface area contributed by atoms with E-state index < -0.39 is 0 Å². The van der Waals surface area contributed by atoms with Gasteiger partial charge in [0.05, 0.1) is 6.61 Å². The molecule has 1 aliphatic heterocycles. The van der Waals surface area contributed by atoms with Crippen molar-refractivity contribution in [2.75, 3.05) is 26.2 Å². The largest absolute Gasteiger partial charge is 0.368 e. The van der Waals surface area contributed by atoms with E-state index in [1.807, 2.05) is 6.20 Å². The summed E-state index contributed by atoms with van der Waals surface area (Å²) in [5.41, 5.74) is 8.49. The van der Waals surface area contributed by atoms with Crippen molar-refractivity contribution >= 4 is 0 Å². The van der Waals surface area contributed by atoms with Crippen LogP contribution in [0.5, 0.6) is 0 Å². The van der Waals surface area contributed by atoms with E-state index in [-0.39, 0.29) is 12.1 Å². The van der Waals surface area contributed by atoms with Gasteiger partial charge in [-0.1, -0.05) is 13.3 Å². The van der Waals surface area contributed by atoms with Gasteiger partial charge in [0.1, 0.15) is 6.10 Å². The van der Waals surface area contributed by atoms with Crippen LogP contribution in [-0.4, -0.2) is 41.1 Å². The minimum absolute atomic E-state index is 0.00933. The Kier molecular flexibility index (Phi) is 4.83. The second kappa shape index (κ2) is 6.81. The van der Waals surface area contributed by atoms with E-state index in [1.165, 1.54) is 19.3 Å². The Morgan fingerprint density at radius 2 is 2.33 bits per heavy atom. The summed E-state index contributed by atoms with van der Waals surface area (Å²) in [7, 11) is 0. The topological polar surface area (TPSA) is 64.3 Å². The Hall–Kier alpha value is -1.04. The molecule has 1 aromatic heterocycles. The van der Waals surface area contributed by atoms with Gasteiger partial charge in [0.25, 0.3) is 0 Å². The first kappa shape index (κ1) is 14.9. The Labute approximate surface area is 126 Å². The van der Waals surface area contributed by atoms with Gasteiger partial charge in [-0.05, 0) is 32.2 Å². The molecule has 2 atom stereocenters. The molecule has 1 aliphatic carbocycles. The molecule has 1 aromatic rings. The van der Waals surface area contributed by atoms with Gasteiger partial charge in [-0.2, -0.15) is 0 Å². The maximum atomic E-state index is 6.22. The summed E-state index contributed by atoms with van der Waals surface area (Å²) in [6.07, 6.45) is 7.53. The fourth-order valence-corrected chi connectivity index (χ4v) is 3.30. The number of rotatable bonds is 3. The number of morpholine rings is 1. The number of nitrogens with zero attached hydrogens (tertiary/aromatic N) is 3. The molecule has 0 amide bonds. The first-order valence-electron chi connectivity index (χ1n) is 8.23. The van der Waals surface area contributed by atoms with Gasteiger partial charge in [0.2, 0.25) is 0 Å². The third kappa shape index (κ3) is 3.42. The molecular weight excluding hydrogens is 264 g/mol. The SMILES string of the molecule is CCCN1CCOC(c2ncc3c(n2)CCCCC3N)C1. The van der Waals surface area contributed by atoms with Crippen molar-refractivity contribution in [3.63, 3.8) is 0 Å². The summed E-state index contributed by atoms with van der Waals surface area (Å²) in [4.78, 5) is 11.8. The van der Waals surface area contributed by atoms with Gasteiger partial charge in [0, 0.05) is 36.6 Å². The maximum Gasteiger partial charge on any atom is 0.158 e. The molecule has 0 aromatic carbocycles. The molecule has 5 heteroatoms. The van der Waals surface area contributed by atoms with Crippen LogP contribution >= 0.6 is 0 Å². The van der Waals surface area contributed by atoms with Crippen molar-refractivity contribution in [1.29, 1.82) is 0 Å². The van der Waals surface area contributed by atoms with Crippen LogP contribution in [0.25, 0.3) is 0 Å². The zero-order chi connectivity index (χ0) is 14.7. The molecule has 3 rings (SSSR count). The molecule has 0 bridgehead atoms. The highest BCUT2D eigenvalue weighted by molar-refractivity contribution is 5.23. The van der Waals surface area contributed by atoms with Gasteiger partial charge in [-0.25, -0.2) is 9.97 Å². The quantitative estimate of drug-likeness (QED) is 0.862. The van der Waals surface area contributed by atoms with E-state index >= 15 is 0 Å². The van der Waals surface area contributed by atoms with Crippen LogP contribution in [0.1, 0.15) is 61.8 Å². The first-order valence-corrected chi connectivity index (χ1v) is 8.23. The van der Waals surface area contributed by atoms with Gasteiger partial charge in [-0.3, -0.25) is 4.90 Å². The summed E-state index contributed by atoms with van der Waals surface area (Å²) >= 11 is 0. The lowest BCUT2D eigenvalue weighted by Crippen LogP contribution is -2.39. The minimum Gasteiger partial charge on any atom is -0.368 e. The van der Waals surface area contributed by atoms with Crippen molar-refractivity contribution in [3.8, 4) is 0 Å². The Morgan fingerprint density at radius 3 is 3.19 bits per heavy atom. The third-order valence-electron chi connectivity index (χ3n) is 4.48. The average molecular weight is 290 g/mol. The van der Waals surface area contributed by atoms with Crippen LogP contribution in [-0.2, 0) is 11.2 Å². The molecule has 5 nitrogen and oxygen atoms in total. The molecule has 21 heavy (non-hydrogen) atoms. The molecule has 1 saturated heterocycles. The second-order valence-electron chi connectivity index (χ2n) is 6.14.